The fourth-order valence-electron chi connectivity index (χ4n) is 1.73. The fourth-order valence-corrected chi connectivity index (χ4v) is 2.39. The lowest BCUT2D eigenvalue weighted by Gasteiger charge is -2.15. The van der Waals surface area contributed by atoms with Crippen LogP contribution in [0.3, 0.4) is 0 Å². The maximum atomic E-state index is 13.7. The van der Waals surface area contributed by atoms with Gasteiger partial charge in [-0.25, -0.2) is 4.39 Å². The SMILES string of the molecule is CC(Oc1cccc(Cl)c1F)C(=O)c1ccc(Cl)cc1Cl. The molecule has 2 aromatic carbocycles. The molecule has 21 heavy (non-hydrogen) atoms. The number of ether oxygens (including phenoxy) is 1. The van der Waals surface area contributed by atoms with E-state index in [1.54, 1.807) is 6.07 Å². The highest BCUT2D eigenvalue weighted by atomic mass is 35.5. The zero-order valence-electron chi connectivity index (χ0n) is 10.9. The summed E-state index contributed by atoms with van der Waals surface area (Å²) in [7, 11) is 0. The van der Waals surface area contributed by atoms with Gasteiger partial charge >= 0.3 is 0 Å². The summed E-state index contributed by atoms with van der Waals surface area (Å²) < 4.78 is 19.1. The number of halogens is 4. The highest BCUT2D eigenvalue weighted by Crippen LogP contribution is 2.27. The van der Waals surface area contributed by atoms with Gasteiger partial charge in [0.05, 0.1) is 10.0 Å². The maximum absolute atomic E-state index is 13.7. The molecule has 0 radical (unpaired) electrons. The molecule has 6 heteroatoms. The second-order valence-electron chi connectivity index (χ2n) is 4.30. The van der Waals surface area contributed by atoms with Crippen molar-refractivity contribution in [1.82, 2.24) is 0 Å². The Labute approximate surface area is 136 Å². The molecule has 0 aromatic heterocycles. The molecule has 0 aliphatic heterocycles. The molecule has 2 nitrogen and oxygen atoms in total. The molecule has 2 aromatic rings. The van der Waals surface area contributed by atoms with E-state index < -0.39 is 11.9 Å². The van der Waals surface area contributed by atoms with E-state index in [9.17, 15) is 9.18 Å². The molecule has 0 amide bonds. The van der Waals surface area contributed by atoms with Crippen molar-refractivity contribution >= 4 is 40.6 Å². The zero-order valence-corrected chi connectivity index (χ0v) is 13.1. The first-order valence-electron chi connectivity index (χ1n) is 6.00. The van der Waals surface area contributed by atoms with Crippen LogP contribution >= 0.6 is 34.8 Å². The Morgan fingerprint density at radius 1 is 1.14 bits per heavy atom. The standard InChI is InChI=1S/C15H10Cl3FO2/c1-8(21-13-4-2-3-11(17)14(13)19)15(20)10-6-5-9(16)7-12(10)18/h2-8H,1H3. The number of rotatable bonds is 4. The summed E-state index contributed by atoms with van der Waals surface area (Å²) in [6.07, 6.45) is -0.920. The lowest BCUT2D eigenvalue weighted by molar-refractivity contribution is 0.0812. The molecule has 0 spiro atoms. The Morgan fingerprint density at radius 2 is 1.86 bits per heavy atom. The van der Waals surface area contributed by atoms with Crippen LogP contribution in [-0.2, 0) is 0 Å². The van der Waals surface area contributed by atoms with Crippen LogP contribution in [0.25, 0.3) is 0 Å². The average Bonchev–Trinajstić information content (AvgIpc) is 2.43. The van der Waals surface area contributed by atoms with Crippen LogP contribution in [0.4, 0.5) is 4.39 Å². The molecule has 1 atom stereocenters. The number of ketones is 1. The molecule has 0 aliphatic carbocycles. The normalized spacial score (nSPS) is 12.0. The summed E-state index contributed by atoms with van der Waals surface area (Å²) in [6.45, 7) is 1.51. The van der Waals surface area contributed by atoms with Gasteiger partial charge in [-0.05, 0) is 37.3 Å². The van der Waals surface area contributed by atoms with Crippen molar-refractivity contribution in [2.24, 2.45) is 0 Å². The molecule has 110 valence electrons. The summed E-state index contributed by atoms with van der Waals surface area (Å²) in [5.74, 6) is -1.18. The molecule has 0 heterocycles. The number of carbonyl (C=O) groups is 1. The maximum Gasteiger partial charge on any atom is 0.204 e. The highest BCUT2D eigenvalue weighted by molar-refractivity contribution is 6.37. The predicted molar refractivity (Wildman–Crippen MR) is 82.3 cm³/mol. The largest absolute Gasteiger partial charge is 0.479 e. The zero-order chi connectivity index (χ0) is 15.6. The van der Waals surface area contributed by atoms with Crippen molar-refractivity contribution in [2.45, 2.75) is 13.0 Å². The minimum atomic E-state index is -0.920. The van der Waals surface area contributed by atoms with Gasteiger partial charge in [-0.1, -0.05) is 40.9 Å². The van der Waals surface area contributed by atoms with E-state index in [4.69, 9.17) is 39.5 Å². The number of carbonyl (C=O) groups excluding carboxylic acids is 1. The summed E-state index contributed by atoms with van der Waals surface area (Å²) in [6, 6.07) is 8.84. The Morgan fingerprint density at radius 3 is 2.52 bits per heavy atom. The minimum absolute atomic E-state index is 0.0725. The number of hydrogen-bond donors (Lipinski definition) is 0. The van der Waals surface area contributed by atoms with Gasteiger partial charge in [0.15, 0.2) is 17.7 Å². The van der Waals surface area contributed by atoms with E-state index in [2.05, 4.69) is 0 Å². The van der Waals surface area contributed by atoms with E-state index in [1.165, 1.54) is 37.3 Å². The molecule has 0 fully saturated rings. The van der Waals surface area contributed by atoms with Gasteiger partial charge in [0.25, 0.3) is 0 Å². The van der Waals surface area contributed by atoms with Crippen LogP contribution in [0.2, 0.25) is 15.1 Å². The monoisotopic (exact) mass is 346 g/mol. The van der Waals surface area contributed by atoms with Gasteiger partial charge < -0.3 is 4.74 Å². The summed E-state index contributed by atoms with van der Waals surface area (Å²) in [4.78, 5) is 12.3. The van der Waals surface area contributed by atoms with Gasteiger partial charge in [0.2, 0.25) is 5.78 Å². The first-order chi connectivity index (χ1) is 9.90. The predicted octanol–water partition coefficient (Wildman–Crippen LogP) is 5.44. The van der Waals surface area contributed by atoms with E-state index in [1.807, 2.05) is 0 Å². The molecule has 1 unspecified atom stereocenters. The minimum Gasteiger partial charge on any atom is -0.479 e. The van der Waals surface area contributed by atoms with Crippen LogP contribution < -0.4 is 4.74 Å². The number of hydrogen-bond acceptors (Lipinski definition) is 2. The van der Waals surface area contributed by atoms with Crippen molar-refractivity contribution in [1.29, 1.82) is 0 Å². The van der Waals surface area contributed by atoms with E-state index in [0.29, 0.717) is 5.02 Å². The van der Waals surface area contributed by atoms with Crippen molar-refractivity contribution in [3.63, 3.8) is 0 Å². The Hall–Kier alpha value is -1.29. The Bertz CT molecular complexity index is 689. The summed E-state index contributed by atoms with van der Waals surface area (Å²) in [5, 5.41) is 0.567. The van der Waals surface area contributed by atoms with Crippen LogP contribution in [0, 0.1) is 5.82 Å². The number of benzene rings is 2. The van der Waals surface area contributed by atoms with E-state index in [0.717, 1.165) is 0 Å². The van der Waals surface area contributed by atoms with Crippen LogP contribution in [0.5, 0.6) is 5.75 Å². The molecule has 0 N–H and O–H groups in total. The fraction of sp³-hybridized carbons (Fsp3) is 0.133. The highest BCUT2D eigenvalue weighted by Gasteiger charge is 2.21. The van der Waals surface area contributed by atoms with E-state index in [-0.39, 0.29) is 27.1 Å². The third-order valence-electron chi connectivity index (χ3n) is 2.79. The molecular formula is C15H10Cl3FO2. The molecule has 0 saturated carbocycles. The molecule has 0 bridgehead atoms. The first kappa shape index (κ1) is 16.1. The van der Waals surface area contributed by atoms with E-state index >= 15 is 0 Å². The summed E-state index contributed by atoms with van der Waals surface area (Å²) in [5.41, 5.74) is 0.260. The first-order valence-corrected chi connectivity index (χ1v) is 7.13. The quantitative estimate of drug-likeness (QED) is 0.689. The lowest BCUT2D eigenvalue weighted by Crippen LogP contribution is -2.24. The topological polar surface area (TPSA) is 26.3 Å². The number of Topliss-reactive ketones (excluding diaryl/α,β-unsaturated/α-hetero) is 1. The van der Waals surface area contributed by atoms with Gasteiger partial charge in [-0.15, -0.1) is 0 Å². The van der Waals surface area contributed by atoms with Crippen molar-refractivity contribution in [3.05, 3.63) is 62.8 Å². The third kappa shape index (κ3) is 3.67. The van der Waals surface area contributed by atoms with Crippen LogP contribution in [0.15, 0.2) is 36.4 Å². The van der Waals surface area contributed by atoms with Gasteiger partial charge in [-0.2, -0.15) is 0 Å². The molecule has 2 rings (SSSR count). The second-order valence-corrected chi connectivity index (χ2v) is 5.55. The molecule has 0 saturated heterocycles. The Balaban J connectivity index is 2.21. The van der Waals surface area contributed by atoms with Crippen molar-refractivity contribution < 1.29 is 13.9 Å². The van der Waals surface area contributed by atoms with Crippen LogP contribution in [-0.4, -0.2) is 11.9 Å². The smallest absolute Gasteiger partial charge is 0.204 e. The Kier molecular flexibility index (Phi) is 5.09. The van der Waals surface area contributed by atoms with Gasteiger partial charge in [-0.3, -0.25) is 4.79 Å². The second kappa shape index (κ2) is 6.65. The van der Waals surface area contributed by atoms with Gasteiger partial charge in [0, 0.05) is 10.6 Å². The molecule has 0 aliphatic rings. The van der Waals surface area contributed by atoms with Gasteiger partial charge in [0.1, 0.15) is 0 Å². The van der Waals surface area contributed by atoms with Crippen LogP contribution in [0.1, 0.15) is 17.3 Å². The third-order valence-corrected chi connectivity index (χ3v) is 3.63. The summed E-state index contributed by atoms with van der Waals surface area (Å²) >= 11 is 17.4. The van der Waals surface area contributed by atoms with Crippen molar-refractivity contribution in [3.8, 4) is 5.75 Å². The average molecular weight is 348 g/mol. The lowest BCUT2D eigenvalue weighted by atomic mass is 10.1. The van der Waals surface area contributed by atoms with Crippen molar-refractivity contribution in [2.75, 3.05) is 0 Å². The molecular weight excluding hydrogens is 338 g/mol.